The highest BCUT2D eigenvalue weighted by Crippen LogP contribution is 2.34. The number of rotatable bonds is 7. The maximum Gasteiger partial charge on any atom is 0.245 e. The van der Waals surface area contributed by atoms with Crippen LogP contribution in [0, 0.1) is 6.92 Å². The van der Waals surface area contributed by atoms with E-state index in [1.807, 2.05) is 61.2 Å². The van der Waals surface area contributed by atoms with Gasteiger partial charge in [-0.3, -0.25) is 9.69 Å². The molecule has 1 saturated carbocycles. The van der Waals surface area contributed by atoms with E-state index in [0.717, 1.165) is 24.0 Å². The minimum absolute atomic E-state index is 0.108. The molecule has 0 radical (unpaired) electrons. The molecule has 1 aliphatic carbocycles. The summed E-state index contributed by atoms with van der Waals surface area (Å²) in [5.41, 5.74) is 3.13. The van der Waals surface area contributed by atoms with E-state index in [-0.39, 0.29) is 23.7 Å². The first-order chi connectivity index (χ1) is 12.9. The van der Waals surface area contributed by atoms with Crippen molar-refractivity contribution in [2.45, 2.75) is 38.4 Å². The SMILES string of the molecule is COc1cc(CN(C(=O)C(c2ccc(C)cc2)N(C)C)C2CC2)ccc1O. The molecule has 0 bridgehead atoms. The molecule has 1 fully saturated rings. The van der Waals surface area contributed by atoms with Gasteiger partial charge in [0.05, 0.1) is 7.11 Å². The summed E-state index contributed by atoms with van der Waals surface area (Å²) in [4.78, 5) is 17.4. The predicted octanol–water partition coefficient (Wildman–Crippen LogP) is 3.50. The Morgan fingerprint density at radius 1 is 1.19 bits per heavy atom. The highest BCUT2D eigenvalue weighted by Gasteiger charge is 2.37. The van der Waals surface area contributed by atoms with E-state index in [1.165, 1.54) is 12.7 Å². The number of aryl methyl sites for hydroxylation is 1. The first-order valence-electron chi connectivity index (χ1n) is 9.30. The molecule has 5 heteroatoms. The minimum Gasteiger partial charge on any atom is -0.504 e. The van der Waals surface area contributed by atoms with Crippen LogP contribution in [0.5, 0.6) is 11.5 Å². The van der Waals surface area contributed by atoms with Crippen LogP contribution in [0.1, 0.15) is 35.6 Å². The molecule has 0 heterocycles. The van der Waals surface area contributed by atoms with Crippen LogP contribution in [0.25, 0.3) is 0 Å². The van der Waals surface area contributed by atoms with Crippen molar-refractivity contribution in [1.82, 2.24) is 9.80 Å². The summed E-state index contributed by atoms with van der Waals surface area (Å²) in [5.74, 6) is 0.646. The first-order valence-corrected chi connectivity index (χ1v) is 9.30. The van der Waals surface area contributed by atoms with Crippen LogP contribution in [0.4, 0.5) is 0 Å². The van der Waals surface area contributed by atoms with Gasteiger partial charge in [-0.05, 0) is 57.1 Å². The zero-order valence-corrected chi connectivity index (χ0v) is 16.5. The van der Waals surface area contributed by atoms with E-state index in [4.69, 9.17) is 4.74 Å². The largest absolute Gasteiger partial charge is 0.504 e. The smallest absolute Gasteiger partial charge is 0.245 e. The molecule has 1 aliphatic rings. The minimum atomic E-state index is -0.315. The van der Waals surface area contributed by atoms with Crippen molar-refractivity contribution in [3.05, 3.63) is 59.2 Å². The van der Waals surface area contributed by atoms with Gasteiger partial charge in [0.1, 0.15) is 6.04 Å². The van der Waals surface area contributed by atoms with Crippen molar-refractivity contribution in [2.24, 2.45) is 0 Å². The van der Waals surface area contributed by atoms with Crippen LogP contribution in [-0.4, -0.2) is 48.1 Å². The summed E-state index contributed by atoms with van der Waals surface area (Å²) < 4.78 is 5.21. The van der Waals surface area contributed by atoms with Crippen molar-refractivity contribution < 1.29 is 14.6 Å². The number of carbonyl (C=O) groups excluding carboxylic acids is 1. The Bertz CT molecular complexity index is 798. The average Bonchev–Trinajstić information content (AvgIpc) is 3.47. The summed E-state index contributed by atoms with van der Waals surface area (Å²) in [7, 11) is 5.41. The molecular formula is C22H28N2O3. The van der Waals surface area contributed by atoms with Gasteiger partial charge in [-0.15, -0.1) is 0 Å². The Morgan fingerprint density at radius 2 is 1.85 bits per heavy atom. The van der Waals surface area contributed by atoms with Crippen LogP contribution >= 0.6 is 0 Å². The van der Waals surface area contributed by atoms with Gasteiger partial charge in [0.2, 0.25) is 5.91 Å². The zero-order valence-electron chi connectivity index (χ0n) is 16.5. The molecule has 2 aromatic carbocycles. The lowest BCUT2D eigenvalue weighted by Crippen LogP contribution is -2.41. The van der Waals surface area contributed by atoms with E-state index < -0.39 is 0 Å². The third-order valence-electron chi connectivity index (χ3n) is 5.01. The van der Waals surface area contributed by atoms with E-state index in [2.05, 4.69) is 0 Å². The molecule has 2 aromatic rings. The molecule has 5 nitrogen and oxygen atoms in total. The fourth-order valence-electron chi connectivity index (χ4n) is 3.36. The molecule has 0 aliphatic heterocycles. The zero-order chi connectivity index (χ0) is 19.6. The lowest BCUT2D eigenvalue weighted by Gasteiger charge is -2.31. The number of nitrogens with zero attached hydrogens (tertiary/aromatic N) is 2. The number of methoxy groups -OCH3 is 1. The lowest BCUT2D eigenvalue weighted by atomic mass is 10.0. The number of benzene rings is 2. The van der Waals surface area contributed by atoms with E-state index in [9.17, 15) is 9.90 Å². The number of amides is 1. The molecule has 0 aromatic heterocycles. The molecule has 1 atom stereocenters. The Balaban J connectivity index is 1.86. The molecule has 3 rings (SSSR count). The highest BCUT2D eigenvalue weighted by molar-refractivity contribution is 5.84. The van der Waals surface area contributed by atoms with Gasteiger partial charge in [0.25, 0.3) is 0 Å². The van der Waals surface area contributed by atoms with Gasteiger partial charge in [-0.25, -0.2) is 0 Å². The average molecular weight is 368 g/mol. The summed E-state index contributed by atoms with van der Waals surface area (Å²) >= 11 is 0. The molecule has 1 amide bonds. The van der Waals surface area contributed by atoms with Gasteiger partial charge in [0, 0.05) is 12.6 Å². The van der Waals surface area contributed by atoms with Crippen molar-refractivity contribution in [2.75, 3.05) is 21.2 Å². The van der Waals surface area contributed by atoms with Crippen molar-refractivity contribution in [3.8, 4) is 11.5 Å². The Hall–Kier alpha value is -2.53. The van der Waals surface area contributed by atoms with Crippen LogP contribution < -0.4 is 4.74 Å². The normalized spacial score (nSPS) is 14.9. The quantitative estimate of drug-likeness (QED) is 0.813. The maximum absolute atomic E-state index is 13.5. The fraction of sp³-hybridized carbons (Fsp3) is 0.409. The maximum atomic E-state index is 13.5. The summed E-state index contributed by atoms with van der Waals surface area (Å²) in [5, 5.41) is 9.82. The second-order valence-corrected chi connectivity index (χ2v) is 7.48. The Kier molecular flexibility index (Phi) is 5.71. The van der Waals surface area contributed by atoms with E-state index >= 15 is 0 Å². The first kappa shape index (κ1) is 19.2. The van der Waals surface area contributed by atoms with Gasteiger partial charge in [-0.2, -0.15) is 0 Å². The number of hydrogen-bond donors (Lipinski definition) is 1. The number of carbonyl (C=O) groups is 1. The summed E-state index contributed by atoms with van der Waals surface area (Å²) in [6, 6.07) is 13.4. The molecule has 1 unspecified atom stereocenters. The van der Waals surface area contributed by atoms with Crippen LogP contribution in [-0.2, 0) is 11.3 Å². The number of likely N-dealkylation sites (N-methyl/N-ethyl adjacent to an activating group) is 1. The number of aromatic hydroxyl groups is 1. The van der Waals surface area contributed by atoms with E-state index in [0.29, 0.717) is 12.3 Å². The summed E-state index contributed by atoms with van der Waals surface area (Å²) in [6.07, 6.45) is 2.07. The topological polar surface area (TPSA) is 53.0 Å². The van der Waals surface area contributed by atoms with Crippen LogP contribution in [0.3, 0.4) is 0 Å². The van der Waals surface area contributed by atoms with E-state index in [1.54, 1.807) is 12.1 Å². The van der Waals surface area contributed by atoms with Crippen LogP contribution in [0.15, 0.2) is 42.5 Å². The molecule has 27 heavy (non-hydrogen) atoms. The number of phenolic OH excluding ortho intramolecular Hbond substituents is 1. The monoisotopic (exact) mass is 368 g/mol. The van der Waals surface area contributed by atoms with Crippen molar-refractivity contribution in [1.29, 1.82) is 0 Å². The Labute approximate surface area is 161 Å². The number of ether oxygens (including phenoxy) is 1. The standard InChI is InChI=1S/C22H28N2O3/c1-15-5-8-17(9-6-15)21(23(2)3)22(26)24(18-10-11-18)14-16-7-12-19(25)20(13-16)27-4/h5-9,12-13,18,21,25H,10-11,14H2,1-4H3. The van der Waals surface area contributed by atoms with Crippen LogP contribution in [0.2, 0.25) is 0 Å². The summed E-state index contributed by atoms with van der Waals surface area (Å²) in [6.45, 7) is 2.56. The fourth-order valence-corrected chi connectivity index (χ4v) is 3.36. The molecular weight excluding hydrogens is 340 g/mol. The van der Waals surface area contributed by atoms with Gasteiger partial charge in [-0.1, -0.05) is 35.9 Å². The highest BCUT2D eigenvalue weighted by atomic mass is 16.5. The second kappa shape index (κ2) is 8.01. The van der Waals surface area contributed by atoms with Gasteiger partial charge in [0.15, 0.2) is 11.5 Å². The molecule has 0 spiro atoms. The molecule has 1 N–H and O–H groups in total. The lowest BCUT2D eigenvalue weighted by molar-refractivity contribution is -0.137. The van der Waals surface area contributed by atoms with Gasteiger partial charge < -0.3 is 14.7 Å². The van der Waals surface area contributed by atoms with Gasteiger partial charge >= 0.3 is 0 Å². The number of phenols is 1. The Morgan fingerprint density at radius 3 is 2.41 bits per heavy atom. The van der Waals surface area contributed by atoms with Crippen molar-refractivity contribution >= 4 is 5.91 Å². The molecule has 144 valence electrons. The second-order valence-electron chi connectivity index (χ2n) is 7.48. The van der Waals surface area contributed by atoms with Crippen molar-refractivity contribution in [3.63, 3.8) is 0 Å². The predicted molar refractivity (Wildman–Crippen MR) is 106 cm³/mol. The third kappa shape index (κ3) is 4.42. The molecule has 0 saturated heterocycles. The third-order valence-corrected chi connectivity index (χ3v) is 5.01. The number of hydrogen-bond acceptors (Lipinski definition) is 4.